The molecule has 0 bridgehead atoms. The minimum absolute atomic E-state index is 0.0969. The summed E-state index contributed by atoms with van der Waals surface area (Å²) in [5, 5.41) is 2.61. The van der Waals surface area contributed by atoms with Crippen LogP contribution in [0.2, 0.25) is 0 Å². The maximum atomic E-state index is 15.1. The zero-order chi connectivity index (χ0) is 24.5. The molecular weight excluding hydrogens is 473 g/mol. The fraction of sp³-hybridized carbons (Fsp3) is 0.333. The lowest BCUT2D eigenvalue weighted by Gasteiger charge is -2.25. The van der Waals surface area contributed by atoms with Crippen molar-refractivity contribution in [3.8, 4) is 11.1 Å². The van der Waals surface area contributed by atoms with E-state index in [2.05, 4.69) is 10.3 Å². The number of amides is 3. The highest BCUT2D eigenvalue weighted by atomic mass is 32.2. The van der Waals surface area contributed by atoms with Crippen LogP contribution in [0.3, 0.4) is 0 Å². The Kier molecular flexibility index (Phi) is 6.33. The molecule has 0 aliphatic carbocycles. The van der Waals surface area contributed by atoms with Gasteiger partial charge in [0.25, 0.3) is 5.91 Å². The molecule has 1 N–H and O–H groups in total. The van der Waals surface area contributed by atoms with Crippen LogP contribution in [0.4, 0.5) is 14.9 Å². The lowest BCUT2D eigenvalue weighted by atomic mass is 10.1. The van der Waals surface area contributed by atoms with E-state index in [9.17, 15) is 14.4 Å². The first-order valence-electron chi connectivity index (χ1n) is 11.3. The van der Waals surface area contributed by atoms with Crippen molar-refractivity contribution < 1.29 is 23.5 Å². The van der Waals surface area contributed by atoms with Crippen LogP contribution in [0.15, 0.2) is 42.7 Å². The summed E-state index contributed by atoms with van der Waals surface area (Å²) in [6.45, 7) is 3.21. The molecule has 11 heteroatoms. The van der Waals surface area contributed by atoms with Gasteiger partial charge in [0, 0.05) is 55.0 Å². The molecule has 1 aromatic carbocycles. The fourth-order valence-corrected chi connectivity index (χ4v) is 5.09. The predicted molar refractivity (Wildman–Crippen MR) is 130 cm³/mol. The molecular formula is C24H24FN5O4S. The average molecular weight is 498 g/mol. The fourth-order valence-electron chi connectivity index (χ4n) is 4.18. The number of carbonyl (C=O) groups is 3. The number of ether oxygens (including phenoxy) is 1. The molecule has 9 nitrogen and oxygen atoms in total. The molecule has 3 amide bonds. The molecule has 0 unspecified atom stereocenters. The number of rotatable bonds is 5. The van der Waals surface area contributed by atoms with Gasteiger partial charge in [0.15, 0.2) is 0 Å². The maximum absolute atomic E-state index is 15.1. The van der Waals surface area contributed by atoms with Gasteiger partial charge in [0.1, 0.15) is 23.3 Å². The van der Waals surface area contributed by atoms with Gasteiger partial charge in [-0.15, -0.1) is 0 Å². The summed E-state index contributed by atoms with van der Waals surface area (Å²) >= 11 is 1.83. The Bertz CT molecular complexity index is 1310. The Morgan fingerprint density at radius 3 is 2.74 bits per heavy atom. The summed E-state index contributed by atoms with van der Waals surface area (Å²) in [4.78, 5) is 43.7. The molecule has 0 spiro atoms. The van der Waals surface area contributed by atoms with E-state index in [4.69, 9.17) is 4.74 Å². The van der Waals surface area contributed by atoms with Crippen molar-refractivity contribution >= 4 is 41.0 Å². The molecule has 0 saturated carbocycles. The van der Waals surface area contributed by atoms with Crippen molar-refractivity contribution in [2.75, 3.05) is 42.6 Å². The van der Waals surface area contributed by atoms with Gasteiger partial charge in [-0.3, -0.25) is 14.5 Å². The third kappa shape index (κ3) is 4.81. The lowest BCUT2D eigenvalue weighted by molar-refractivity contribution is -0.119. The molecule has 1 atom stereocenters. The highest BCUT2D eigenvalue weighted by molar-refractivity contribution is 7.99. The van der Waals surface area contributed by atoms with E-state index in [1.807, 2.05) is 16.7 Å². The average Bonchev–Trinajstić information content (AvgIpc) is 3.45. The van der Waals surface area contributed by atoms with Gasteiger partial charge >= 0.3 is 6.09 Å². The summed E-state index contributed by atoms with van der Waals surface area (Å²) in [6, 6.07) is 8.05. The first kappa shape index (κ1) is 23.2. The van der Waals surface area contributed by atoms with Gasteiger partial charge in [-0.2, -0.15) is 11.8 Å². The number of pyridine rings is 1. The van der Waals surface area contributed by atoms with E-state index >= 15 is 4.39 Å². The van der Waals surface area contributed by atoms with Crippen LogP contribution in [0, 0.1) is 5.82 Å². The summed E-state index contributed by atoms with van der Waals surface area (Å²) in [7, 11) is 0. The zero-order valence-corrected chi connectivity index (χ0v) is 19.9. The smallest absolute Gasteiger partial charge is 0.414 e. The Balaban J connectivity index is 1.35. The Hall–Kier alpha value is -3.60. The van der Waals surface area contributed by atoms with Crippen LogP contribution in [0.25, 0.3) is 16.8 Å². The summed E-state index contributed by atoms with van der Waals surface area (Å²) < 4.78 is 22.1. The molecule has 2 aliphatic heterocycles. The second-order valence-corrected chi connectivity index (χ2v) is 9.66. The number of thioether (sulfide) groups is 1. The first-order valence-corrected chi connectivity index (χ1v) is 12.4. The van der Waals surface area contributed by atoms with Crippen LogP contribution in [0.1, 0.15) is 17.4 Å². The zero-order valence-electron chi connectivity index (χ0n) is 19.1. The number of aromatic nitrogens is 2. The second kappa shape index (κ2) is 9.57. The van der Waals surface area contributed by atoms with E-state index < -0.39 is 18.0 Å². The minimum atomic E-state index is -0.586. The molecule has 2 aromatic heterocycles. The van der Waals surface area contributed by atoms with E-state index in [0.29, 0.717) is 41.2 Å². The van der Waals surface area contributed by atoms with Gasteiger partial charge in [0.05, 0.1) is 18.8 Å². The Morgan fingerprint density at radius 1 is 1.20 bits per heavy atom. The number of carbonyl (C=O) groups excluding carboxylic acids is 3. The molecule has 2 saturated heterocycles. The van der Waals surface area contributed by atoms with Crippen molar-refractivity contribution in [3.63, 3.8) is 0 Å². The first-order chi connectivity index (χ1) is 16.9. The number of anilines is 1. The van der Waals surface area contributed by atoms with Crippen LogP contribution < -0.4 is 10.2 Å². The topological polar surface area (TPSA) is 96.3 Å². The number of imidazole rings is 1. The van der Waals surface area contributed by atoms with E-state index in [1.165, 1.54) is 17.9 Å². The summed E-state index contributed by atoms with van der Waals surface area (Å²) in [5.74, 6) is 1.03. The monoisotopic (exact) mass is 497 g/mol. The van der Waals surface area contributed by atoms with Gasteiger partial charge in [-0.1, -0.05) is 0 Å². The largest absolute Gasteiger partial charge is 0.442 e. The normalized spacial score (nSPS) is 18.1. The molecule has 5 rings (SSSR count). The van der Waals surface area contributed by atoms with Gasteiger partial charge in [0.2, 0.25) is 5.91 Å². The molecule has 3 aromatic rings. The number of halogens is 1. The van der Waals surface area contributed by atoms with Crippen molar-refractivity contribution in [2.24, 2.45) is 0 Å². The lowest BCUT2D eigenvalue weighted by Crippen LogP contribution is -2.38. The molecule has 0 radical (unpaired) electrons. The number of benzene rings is 1. The van der Waals surface area contributed by atoms with E-state index in [1.54, 1.807) is 41.1 Å². The van der Waals surface area contributed by atoms with Gasteiger partial charge < -0.3 is 19.4 Å². The number of hydrogen-bond donors (Lipinski definition) is 1. The summed E-state index contributed by atoms with van der Waals surface area (Å²) in [5.41, 5.74) is 2.31. The van der Waals surface area contributed by atoms with Gasteiger partial charge in [-0.25, -0.2) is 14.2 Å². The quantitative estimate of drug-likeness (QED) is 0.583. The minimum Gasteiger partial charge on any atom is -0.442 e. The van der Waals surface area contributed by atoms with Crippen molar-refractivity contribution in [1.82, 2.24) is 19.6 Å². The highest BCUT2D eigenvalue weighted by Crippen LogP contribution is 2.29. The standard InChI is InChI=1S/C24H24FN5O4S/c1-15(31)26-11-18-13-30(24(33)34-18)17-3-4-19(20(25)10-17)16-2-5-22-27-21(14-29(22)12-16)23(32)28-6-8-35-9-7-28/h2-5,10,12,14,18H,6-9,11,13H2,1H3,(H,26,31)/t18-/m0/s1. The second-order valence-electron chi connectivity index (χ2n) is 8.43. The maximum Gasteiger partial charge on any atom is 0.414 e. The number of nitrogens with one attached hydrogen (secondary N) is 1. The van der Waals surface area contributed by atoms with Gasteiger partial charge in [-0.05, 0) is 30.3 Å². The third-order valence-electron chi connectivity index (χ3n) is 6.00. The summed E-state index contributed by atoms with van der Waals surface area (Å²) in [6.07, 6.45) is 2.32. The number of fused-ring (bicyclic) bond motifs is 1. The molecule has 2 fully saturated rings. The SMILES string of the molecule is CC(=O)NC[C@H]1CN(c2ccc(-c3ccc4nc(C(=O)N5CCSCC5)cn4c3)c(F)c2)C(=O)O1. The number of nitrogens with zero attached hydrogens (tertiary/aromatic N) is 4. The van der Waals surface area contributed by atoms with Crippen molar-refractivity contribution in [2.45, 2.75) is 13.0 Å². The van der Waals surface area contributed by atoms with Crippen LogP contribution in [-0.4, -0.2) is 76.0 Å². The van der Waals surface area contributed by atoms with Crippen LogP contribution >= 0.6 is 11.8 Å². The molecule has 4 heterocycles. The Labute approximate surface area is 205 Å². The van der Waals surface area contributed by atoms with Crippen LogP contribution in [-0.2, 0) is 9.53 Å². The molecule has 35 heavy (non-hydrogen) atoms. The van der Waals surface area contributed by atoms with E-state index in [-0.39, 0.29) is 24.9 Å². The van der Waals surface area contributed by atoms with E-state index in [0.717, 1.165) is 11.5 Å². The Morgan fingerprint density at radius 2 is 2.00 bits per heavy atom. The van der Waals surface area contributed by atoms with Crippen LogP contribution in [0.5, 0.6) is 0 Å². The molecule has 2 aliphatic rings. The van der Waals surface area contributed by atoms with Crippen molar-refractivity contribution in [1.29, 1.82) is 0 Å². The number of hydrogen-bond acceptors (Lipinski definition) is 6. The molecule has 182 valence electrons. The third-order valence-corrected chi connectivity index (χ3v) is 6.94. The predicted octanol–water partition coefficient (Wildman–Crippen LogP) is 2.79. The number of cyclic esters (lactones) is 1. The highest BCUT2D eigenvalue weighted by Gasteiger charge is 2.32. The van der Waals surface area contributed by atoms with Crippen molar-refractivity contribution in [3.05, 3.63) is 54.2 Å².